The highest BCUT2D eigenvalue weighted by molar-refractivity contribution is 6.29. The highest BCUT2D eigenvalue weighted by atomic mass is 35.5. The van der Waals surface area contributed by atoms with Crippen LogP contribution >= 0.6 is 23.2 Å². The van der Waals surface area contributed by atoms with Crippen molar-refractivity contribution in [3.63, 3.8) is 0 Å². The molecule has 0 spiro atoms. The number of hydrogen-bond donors (Lipinski definition) is 4. The van der Waals surface area contributed by atoms with Crippen LogP contribution in [0.3, 0.4) is 0 Å². The minimum atomic E-state index is -0.734. The molecule has 5 aromatic heterocycles. The highest BCUT2D eigenvalue weighted by Crippen LogP contribution is 2.36. The Hall–Kier alpha value is -3.77. The standard InChI is InChI=1S/C17H18ClN5O2.C10H12ClN5O3.H3N/c1-3-12-10(2)8-13(25-12)23-9-19-14-15(20-17(18)21-16(14)23)22-6-4-11(24)5-7-22;11-10-14-8(12)7-9(15-10)16(3-13-7)6-1-4(18)5(2-17)19-6;/h4-7,9-10,12-13H,3,8H2,1-2H3;3-6,17-18H,1-2H2,(H2,12,14,15);1H3/t10?,12-,13?;4?,5-,6?;/m11./s1. The maximum atomic E-state index is 11.3. The summed E-state index contributed by atoms with van der Waals surface area (Å²) >= 11 is 11.9. The quantitative estimate of drug-likeness (QED) is 0.199. The van der Waals surface area contributed by atoms with Crippen LogP contribution in [-0.4, -0.2) is 78.7 Å². The zero-order valence-electron chi connectivity index (χ0n) is 24.4. The van der Waals surface area contributed by atoms with Gasteiger partial charge in [-0.15, -0.1) is 0 Å². The first-order chi connectivity index (χ1) is 21.2. The molecular weight excluding hydrogens is 629 g/mol. The molecule has 0 amide bonds. The third kappa shape index (κ3) is 6.35. The van der Waals surface area contributed by atoms with Crippen LogP contribution in [0.4, 0.5) is 5.82 Å². The van der Waals surface area contributed by atoms with Gasteiger partial charge in [0.05, 0.1) is 31.5 Å². The molecule has 5 aromatic rings. The van der Waals surface area contributed by atoms with Crippen LogP contribution in [0, 0.1) is 5.92 Å². The van der Waals surface area contributed by atoms with E-state index in [4.69, 9.17) is 43.5 Å². The average molecular weight is 663 g/mol. The monoisotopic (exact) mass is 661 g/mol. The predicted octanol–water partition coefficient (Wildman–Crippen LogP) is 2.83. The van der Waals surface area contributed by atoms with Gasteiger partial charge in [0.25, 0.3) is 0 Å². The summed E-state index contributed by atoms with van der Waals surface area (Å²) in [5.41, 5.74) is 7.74. The second-order valence-corrected chi connectivity index (χ2v) is 11.3. The first-order valence-electron chi connectivity index (χ1n) is 14.0. The van der Waals surface area contributed by atoms with Gasteiger partial charge < -0.3 is 36.1 Å². The Bertz CT molecular complexity index is 1840. The van der Waals surface area contributed by atoms with Gasteiger partial charge in [-0.2, -0.15) is 19.9 Å². The second-order valence-electron chi connectivity index (χ2n) is 10.6. The molecule has 7 heterocycles. The van der Waals surface area contributed by atoms with Gasteiger partial charge in [-0.25, -0.2) is 9.97 Å². The maximum absolute atomic E-state index is 11.3. The molecule has 18 heteroatoms. The molecule has 6 atom stereocenters. The summed E-state index contributed by atoms with van der Waals surface area (Å²) in [7, 11) is 0. The number of aliphatic hydroxyl groups excluding tert-OH is 2. The minimum Gasteiger partial charge on any atom is -0.394 e. The van der Waals surface area contributed by atoms with Crippen molar-refractivity contribution >= 4 is 51.3 Å². The fraction of sp³-hybridized carbons (Fsp3) is 0.444. The molecular formula is C27H33Cl2N11O5. The summed E-state index contributed by atoms with van der Waals surface area (Å²) < 4.78 is 16.9. The number of fused-ring (bicyclic) bond motifs is 2. The average Bonchev–Trinajstić information content (AvgIpc) is 3.78. The van der Waals surface area contributed by atoms with E-state index in [0.29, 0.717) is 40.5 Å². The van der Waals surface area contributed by atoms with E-state index < -0.39 is 18.4 Å². The normalized spacial score (nSPS) is 24.5. The molecule has 45 heavy (non-hydrogen) atoms. The van der Waals surface area contributed by atoms with E-state index in [1.807, 2.05) is 4.57 Å². The highest BCUT2D eigenvalue weighted by Gasteiger charge is 2.36. The van der Waals surface area contributed by atoms with Crippen LogP contribution in [0.5, 0.6) is 0 Å². The number of halogens is 2. The number of ether oxygens (including phenoxy) is 2. The molecule has 0 aliphatic carbocycles. The lowest BCUT2D eigenvalue weighted by atomic mass is 10.0. The predicted molar refractivity (Wildman–Crippen MR) is 165 cm³/mol. The topological polar surface area (TPSA) is 229 Å². The zero-order chi connectivity index (χ0) is 31.1. The van der Waals surface area contributed by atoms with Crippen LogP contribution in [0.25, 0.3) is 28.1 Å². The molecule has 4 unspecified atom stereocenters. The lowest BCUT2D eigenvalue weighted by molar-refractivity contribution is -0.0432. The number of aromatic nitrogens is 9. The fourth-order valence-corrected chi connectivity index (χ4v) is 5.86. The molecule has 2 aliphatic rings. The molecule has 2 aliphatic heterocycles. The van der Waals surface area contributed by atoms with Gasteiger partial charge in [-0.1, -0.05) is 13.8 Å². The molecule has 0 saturated carbocycles. The zero-order valence-corrected chi connectivity index (χ0v) is 26.0. The van der Waals surface area contributed by atoms with Crippen LogP contribution in [0.2, 0.25) is 10.6 Å². The number of nitrogens with zero attached hydrogens (tertiary/aromatic N) is 9. The number of nitrogens with two attached hydrogens (primary N) is 1. The van der Waals surface area contributed by atoms with Gasteiger partial charge in [0.1, 0.15) is 24.1 Å². The maximum Gasteiger partial charge on any atom is 0.226 e. The van der Waals surface area contributed by atoms with Crippen molar-refractivity contribution in [2.75, 3.05) is 12.3 Å². The smallest absolute Gasteiger partial charge is 0.226 e. The van der Waals surface area contributed by atoms with Gasteiger partial charge in [-0.05, 0) is 42.0 Å². The number of hydrogen-bond acceptors (Lipinski definition) is 13. The molecule has 2 fully saturated rings. The molecule has 2 saturated heterocycles. The van der Waals surface area contributed by atoms with Gasteiger partial charge in [-0.3, -0.25) is 13.9 Å². The third-order valence-corrected chi connectivity index (χ3v) is 8.13. The van der Waals surface area contributed by atoms with E-state index in [1.54, 1.807) is 27.9 Å². The van der Waals surface area contributed by atoms with E-state index in [9.17, 15) is 9.90 Å². The van der Waals surface area contributed by atoms with Gasteiger partial charge in [0.2, 0.25) is 10.6 Å². The Balaban J connectivity index is 0.000000180. The van der Waals surface area contributed by atoms with Gasteiger partial charge >= 0.3 is 0 Å². The summed E-state index contributed by atoms with van der Waals surface area (Å²) in [6.45, 7) is 4.08. The molecule has 0 bridgehead atoms. The van der Waals surface area contributed by atoms with E-state index in [1.165, 1.54) is 18.5 Å². The van der Waals surface area contributed by atoms with Crippen molar-refractivity contribution in [3.05, 3.63) is 58.0 Å². The second kappa shape index (κ2) is 13.3. The van der Waals surface area contributed by atoms with E-state index in [2.05, 4.69) is 43.8 Å². The first kappa shape index (κ1) is 32.6. The summed E-state index contributed by atoms with van der Waals surface area (Å²) in [5, 5.41) is 19.0. The molecule has 0 aromatic carbocycles. The molecule has 0 radical (unpaired) electrons. The van der Waals surface area contributed by atoms with Crippen molar-refractivity contribution in [3.8, 4) is 5.82 Å². The largest absolute Gasteiger partial charge is 0.394 e. The lowest BCUT2D eigenvalue weighted by Gasteiger charge is -2.14. The van der Waals surface area contributed by atoms with Crippen LogP contribution in [0.1, 0.15) is 45.6 Å². The van der Waals surface area contributed by atoms with E-state index >= 15 is 0 Å². The Morgan fingerprint density at radius 1 is 0.933 bits per heavy atom. The van der Waals surface area contributed by atoms with Crippen LogP contribution in [0.15, 0.2) is 42.0 Å². The Labute approximate surface area is 266 Å². The van der Waals surface area contributed by atoms with Gasteiger partial charge in [0.15, 0.2) is 33.9 Å². The minimum absolute atomic E-state index is 0. The number of imidazole rings is 2. The van der Waals surface area contributed by atoms with Crippen LogP contribution in [-0.2, 0) is 9.47 Å². The molecule has 7 N–H and O–H groups in total. The van der Waals surface area contributed by atoms with E-state index in [0.717, 1.165) is 12.8 Å². The van der Waals surface area contributed by atoms with E-state index in [-0.39, 0.29) is 46.9 Å². The van der Waals surface area contributed by atoms with Crippen molar-refractivity contribution in [2.45, 2.75) is 63.9 Å². The first-order valence-corrected chi connectivity index (χ1v) is 14.8. The number of nitrogen functional groups attached to an aromatic ring is 1. The SMILES string of the molecule is CC[C@H]1OC(n2cnc3c(-n4ccc(=O)cc4)nc(Cl)nc32)CC1C.N.Nc1nc(Cl)nc2c1ncn2C1CC(O)[C@@H](CO)O1. The Kier molecular flexibility index (Phi) is 9.64. The lowest BCUT2D eigenvalue weighted by Crippen LogP contribution is -2.24. The summed E-state index contributed by atoms with van der Waals surface area (Å²) in [4.78, 5) is 36.5. The molecule has 240 valence electrons. The molecule has 16 nitrogen and oxygen atoms in total. The number of rotatable bonds is 5. The van der Waals surface area contributed by atoms with Crippen molar-refractivity contribution in [1.29, 1.82) is 0 Å². The van der Waals surface area contributed by atoms with Crippen molar-refractivity contribution < 1.29 is 19.7 Å². The van der Waals surface area contributed by atoms with Crippen molar-refractivity contribution in [1.82, 2.24) is 49.8 Å². The Morgan fingerprint density at radius 2 is 1.51 bits per heavy atom. The number of pyridine rings is 1. The summed E-state index contributed by atoms with van der Waals surface area (Å²) in [6, 6.07) is 2.93. The molecule has 7 rings (SSSR count). The number of aliphatic hydroxyl groups is 2. The van der Waals surface area contributed by atoms with Crippen molar-refractivity contribution in [2.24, 2.45) is 5.92 Å². The summed E-state index contributed by atoms with van der Waals surface area (Å²) in [5.74, 6) is 1.20. The fourth-order valence-electron chi connectivity index (χ4n) is 5.53. The Morgan fingerprint density at radius 3 is 2.11 bits per heavy atom. The van der Waals surface area contributed by atoms with Gasteiger partial charge in [0, 0.05) is 30.9 Å². The third-order valence-electron chi connectivity index (χ3n) is 7.79. The number of anilines is 1. The van der Waals surface area contributed by atoms with Crippen LogP contribution < -0.4 is 17.3 Å². The summed E-state index contributed by atoms with van der Waals surface area (Å²) in [6.07, 6.45) is 7.01.